The lowest BCUT2D eigenvalue weighted by Gasteiger charge is -2.23. The lowest BCUT2D eigenvalue weighted by molar-refractivity contribution is -0.149. The number of nitrogens with zero attached hydrogens (tertiary/aromatic N) is 3. The molecule has 0 bridgehead atoms. The summed E-state index contributed by atoms with van der Waals surface area (Å²) >= 11 is 0. The molecule has 0 spiro atoms. The Morgan fingerprint density at radius 1 is 1.43 bits per heavy atom. The Kier molecular flexibility index (Phi) is 3.86. The molecule has 23 heavy (non-hydrogen) atoms. The second-order valence-electron chi connectivity index (χ2n) is 7.11. The number of carboxylic acids is 1. The summed E-state index contributed by atoms with van der Waals surface area (Å²) in [5.41, 5.74) is 0.495. The zero-order chi connectivity index (χ0) is 16.8. The fourth-order valence-electron chi connectivity index (χ4n) is 4.06. The van der Waals surface area contributed by atoms with Crippen molar-refractivity contribution >= 4 is 11.9 Å². The fourth-order valence-corrected chi connectivity index (χ4v) is 4.06. The van der Waals surface area contributed by atoms with Crippen molar-refractivity contribution < 1.29 is 14.7 Å². The SMILES string of the molecule is Cc1ncc(C(=O)N2C[C@@H]3CCC[C@@]3(C(=O)O)C2)c(C(C)C)n1. The van der Waals surface area contributed by atoms with Crippen molar-refractivity contribution in [2.24, 2.45) is 11.3 Å². The van der Waals surface area contributed by atoms with E-state index in [1.807, 2.05) is 13.8 Å². The first-order valence-electron chi connectivity index (χ1n) is 8.21. The van der Waals surface area contributed by atoms with Crippen LogP contribution in [-0.4, -0.2) is 44.9 Å². The van der Waals surface area contributed by atoms with E-state index in [9.17, 15) is 14.7 Å². The first-order chi connectivity index (χ1) is 10.8. The Balaban J connectivity index is 1.90. The monoisotopic (exact) mass is 317 g/mol. The van der Waals surface area contributed by atoms with Gasteiger partial charge < -0.3 is 10.0 Å². The van der Waals surface area contributed by atoms with Gasteiger partial charge in [-0.1, -0.05) is 20.3 Å². The molecule has 1 amide bonds. The van der Waals surface area contributed by atoms with Gasteiger partial charge in [0.1, 0.15) is 5.82 Å². The van der Waals surface area contributed by atoms with Crippen molar-refractivity contribution in [2.75, 3.05) is 13.1 Å². The Labute approximate surface area is 135 Å². The smallest absolute Gasteiger partial charge is 0.311 e. The number of carboxylic acid groups (broad SMARTS) is 1. The summed E-state index contributed by atoms with van der Waals surface area (Å²) in [6, 6.07) is 0. The molecule has 1 saturated heterocycles. The molecule has 1 aromatic rings. The van der Waals surface area contributed by atoms with E-state index in [-0.39, 0.29) is 17.7 Å². The third-order valence-corrected chi connectivity index (χ3v) is 5.30. The topological polar surface area (TPSA) is 83.4 Å². The largest absolute Gasteiger partial charge is 0.481 e. The number of rotatable bonds is 3. The molecule has 3 rings (SSSR count). The minimum atomic E-state index is -0.764. The number of hydrogen-bond donors (Lipinski definition) is 1. The van der Waals surface area contributed by atoms with Gasteiger partial charge in [-0.15, -0.1) is 0 Å². The van der Waals surface area contributed by atoms with E-state index in [0.29, 0.717) is 30.9 Å². The molecule has 2 aliphatic rings. The number of hydrogen-bond acceptors (Lipinski definition) is 4. The molecule has 1 saturated carbocycles. The van der Waals surface area contributed by atoms with Crippen LogP contribution in [0.5, 0.6) is 0 Å². The van der Waals surface area contributed by atoms with Crippen LogP contribution in [0.2, 0.25) is 0 Å². The number of carbonyl (C=O) groups excluding carboxylic acids is 1. The van der Waals surface area contributed by atoms with Crippen LogP contribution >= 0.6 is 0 Å². The van der Waals surface area contributed by atoms with Crippen LogP contribution in [0.15, 0.2) is 6.20 Å². The Bertz CT molecular complexity index is 658. The molecule has 1 aliphatic heterocycles. The molecule has 1 aliphatic carbocycles. The molecule has 124 valence electrons. The number of carbonyl (C=O) groups is 2. The Hall–Kier alpha value is -1.98. The van der Waals surface area contributed by atoms with Gasteiger partial charge in [0, 0.05) is 19.3 Å². The van der Waals surface area contributed by atoms with Gasteiger partial charge in [-0.3, -0.25) is 9.59 Å². The molecule has 0 radical (unpaired) electrons. The highest BCUT2D eigenvalue weighted by molar-refractivity contribution is 5.96. The summed E-state index contributed by atoms with van der Waals surface area (Å²) in [4.78, 5) is 35.0. The number of likely N-dealkylation sites (tertiary alicyclic amines) is 1. The van der Waals surface area contributed by atoms with Crippen LogP contribution < -0.4 is 0 Å². The molecule has 2 atom stereocenters. The molecule has 1 N–H and O–H groups in total. The number of aliphatic carboxylic acids is 1. The molecule has 0 unspecified atom stereocenters. The molecule has 0 aromatic carbocycles. The highest BCUT2D eigenvalue weighted by atomic mass is 16.4. The van der Waals surface area contributed by atoms with E-state index >= 15 is 0 Å². The van der Waals surface area contributed by atoms with Gasteiger partial charge in [-0.25, -0.2) is 9.97 Å². The van der Waals surface area contributed by atoms with Crippen molar-refractivity contribution in [1.29, 1.82) is 0 Å². The molecule has 6 heteroatoms. The Morgan fingerprint density at radius 3 is 2.78 bits per heavy atom. The quantitative estimate of drug-likeness (QED) is 0.924. The molecule has 2 heterocycles. The molecule has 6 nitrogen and oxygen atoms in total. The van der Waals surface area contributed by atoms with Crippen LogP contribution in [0.4, 0.5) is 0 Å². The van der Waals surface area contributed by atoms with Gasteiger partial charge >= 0.3 is 5.97 Å². The van der Waals surface area contributed by atoms with E-state index in [1.54, 1.807) is 18.0 Å². The zero-order valence-corrected chi connectivity index (χ0v) is 13.9. The summed E-state index contributed by atoms with van der Waals surface area (Å²) in [5.74, 6) is -0.0715. The minimum absolute atomic E-state index is 0.0674. The normalized spacial score (nSPS) is 26.6. The molecule has 1 aromatic heterocycles. The second kappa shape index (κ2) is 5.58. The average Bonchev–Trinajstić information content (AvgIpc) is 3.04. The van der Waals surface area contributed by atoms with Crippen molar-refractivity contribution in [1.82, 2.24) is 14.9 Å². The van der Waals surface area contributed by atoms with Crippen molar-refractivity contribution in [2.45, 2.75) is 46.0 Å². The predicted octanol–water partition coefficient (Wildman–Crippen LogP) is 2.24. The van der Waals surface area contributed by atoms with Crippen molar-refractivity contribution in [3.05, 3.63) is 23.3 Å². The van der Waals surface area contributed by atoms with Gasteiger partial charge in [0.25, 0.3) is 5.91 Å². The lowest BCUT2D eigenvalue weighted by Crippen LogP contribution is -2.37. The van der Waals surface area contributed by atoms with Gasteiger partial charge in [0.2, 0.25) is 0 Å². The van der Waals surface area contributed by atoms with Crippen LogP contribution in [0, 0.1) is 18.3 Å². The highest BCUT2D eigenvalue weighted by Gasteiger charge is 2.56. The Morgan fingerprint density at radius 2 is 2.17 bits per heavy atom. The third kappa shape index (κ3) is 2.50. The lowest BCUT2D eigenvalue weighted by atomic mass is 9.81. The fraction of sp³-hybridized carbons (Fsp3) is 0.647. The van der Waals surface area contributed by atoms with Crippen molar-refractivity contribution in [3.63, 3.8) is 0 Å². The van der Waals surface area contributed by atoms with E-state index in [2.05, 4.69) is 9.97 Å². The highest BCUT2D eigenvalue weighted by Crippen LogP contribution is 2.49. The number of amides is 1. The maximum atomic E-state index is 12.9. The second-order valence-corrected chi connectivity index (χ2v) is 7.11. The van der Waals surface area contributed by atoms with Gasteiger partial charge in [0.05, 0.1) is 16.7 Å². The zero-order valence-electron chi connectivity index (χ0n) is 13.9. The number of aryl methyl sites for hydroxylation is 1. The minimum Gasteiger partial charge on any atom is -0.481 e. The maximum absolute atomic E-state index is 12.9. The van der Waals surface area contributed by atoms with E-state index in [1.165, 1.54) is 0 Å². The number of aromatic nitrogens is 2. The number of fused-ring (bicyclic) bond motifs is 1. The van der Waals surface area contributed by atoms with Crippen LogP contribution in [0.3, 0.4) is 0 Å². The van der Waals surface area contributed by atoms with E-state index in [4.69, 9.17) is 0 Å². The van der Waals surface area contributed by atoms with Crippen molar-refractivity contribution in [3.8, 4) is 0 Å². The van der Waals surface area contributed by atoms with E-state index in [0.717, 1.165) is 18.5 Å². The van der Waals surface area contributed by atoms with Crippen LogP contribution in [0.1, 0.15) is 60.9 Å². The van der Waals surface area contributed by atoms with Gasteiger partial charge in [0.15, 0.2) is 0 Å². The summed E-state index contributed by atoms with van der Waals surface area (Å²) in [6.45, 7) is 6.62. The summed E-state index contributed by atoms with van der Waals surface area (Å²) in [7, 11) is 0. The molecule has 2 fully saturated rings. The van der Waals surface area contributed by atoms with Crippen LogP contribution in [0.25, 0.3) is 0 Å². The predicted molar refractivity (Wildman–Crippen MR) is 84.2 cm³/mol. The van der Waals surface area contributed by atoms with Gasteiger partial charge in [-0.05, 0) is 31.6 Å². The third-order valence-electron chi connectivity index (χ3n) is 5.30. The standard InChI is InChI=1S/C17H23N3O3/c1-10(2)14-13(7-18-11(3)19-14)15(21)20-8-12-5-4-6-17(12,9-20)16(22)23/h7,10,12H,4-6,8-9H2,1-3H3,(H,22,23)/t12-,17+/m0/s1. The molecular weight excluding hydrogens is 294 g/mol. The average molecular weight is 317 g/mol. The first-order valence-corrected chi connectivity index (χ1v) is 8.21. The first kappa shape index (κ1) is 15.9. The summed E-state index contributed by atoms with van der Waals surface area (Å²) in [6.07, 6.45) is 4.07. The maximum Gasteiger partial charge on any atom is 0.311 e. The van der Waals surface area contributed by atoms with E-state index < -0.39 is 11.4 Å². The van der Waals surface area contributed by atoms with Crippen LogP contribution in [-0.2, 0) is 4.79 Å². The van der Waals surface area contributed by atoms with Gasteiger partial charge in [-0.2, -0.15) is 0 Å². The molecular formula is C17H23N3O3. The summed E-state index contributed by atoms with van der Waals surface area (Å²) < 4.78 is 0. The summed E-state index contributed by atoms with van der Waals surface area (Å²) in [5, 5.41) is 9.66.